The summed E-state index contributed by atoms with van der Waals surface area (Å²) in [6.45, 7) is 5.18. The molecular weight excluding hydrogens is 398 g/mol. The zero-order chi connectivity index (χ0) is 21.7. The highest BCUT2D eigenvalue weighted by atomic mass is 35.5. The van der Waals surface area contributed by atoms with Gasteiger partial charge < -0.3 is 9.64 Å². The lowest BCUT2D eigenvalue weighted by Crippen LogP contribution is -2.27. The van der Waals surface area contributed by atoms with Crippen LogP contribution in [0.5, 0.6) is 5.75 Å². The minimum absolute atomic E-state index is 0.107. The number of rotatable bonds is 8. The number of methoxy groups -OCH3 is 1. The van der Waals surface area contributed by atoms with Gasteiger partial charge in [-0.2, -0.15) is 5.10 Å². The zero-order valence-corrected chi connectivity index (χ0v) is 18.7. The van der Waals surface area contributed by atoms with Crippen molar-refractivity contribution in [3.05, 3.63) is 81.6 Å². The van der Waals surface area contributed by atoms with Crippen molar-refractivity contribution in [1.29, 1.82) is 0 Å². The smallest absolute Gasteiger partial charge is 0.222 e. The minimum Gasteiger partial charge on any atom is -0.497 e. The zero-order valence-electron chi connectivity index (χ0n) is 18.0. The Kier molecular flexibility index (Phi) is 7.16. The molecule has 30 heavy (non-hydrogen) atoms. The average molecular weight is 426 g/mol. The Bertz CT molecular complexity index is 1030. The van der Waals surface area contributed by atoms with Crippen molar-refractivity contribution in [3.63, 3.8) is 0 Å². The van der Waals surface area contributed by atoms with Gasteiger partial charge in [0.05, 0.1) is 19.3 Å². The summed E-state index contributed by atoms with van der Waals surface area (Å²) in [5, 5.41) is 5.41. The fraction of sp³-hybridized carbons (Fsp3) is 0.333. The molecule has 3 aromatic rings. The molecule has 3 rings (SSSR count). The van der Waals surface area contributed by atoms with Crippen LogP contribution in [0.4, 0.5) is 0 Å². The van der Waals surface area contributed by atoms with Crippen LogP contribution < -0.4 is 4.74 Å². The first-order valence-corrected chi connectivity index (χ1v) is 10.4. The van der Waals surface area contributed by atoms with Gasteiger partial charge in [0.25, 0.3) is 0 Å². The maximum absolute atomic E-state index is 12.7. The lowest BCUT2D eigenvalue weighted by Gasteiger charge is -2.18. The number of nitrogens with zero attached hydrogens (tertiary/aromatic N) is 3. The summed E-state index contributed by atoms with van der Waals surface area (Å²) in [6, 6.07) is 15.6. The number of hydrogen-bond donors (Lipinski definition) is 0. The van der Waals surface area contributed by atoms with Crippen molar-refractivity contribution >= 4 is 17.5 Å². The monoisotopic (exact) mass is 425 g/mol. The molecular formula is C24H28ClN3O2. The highest BCUT2D eigenvalue weighted by Gasteiger charge is 2.17. The molecule has 0 N–H and O–H groups in total. The molecule has 1 heterocycles. The Morgan fingerprint density at radius 2 is 1.93 bits per heavy atom. The molecule has 0 fully saturated rings. The molecule has 1 aromatic heterocycles. The maximum atomic E-state index is 12.7. The topological polar surface area (TPSA) is 47.4 Å². The third kappa shape index (κ3) is 5.22. The molecule has 0 saturated heterocycles. The van der Waals surface area contributed by atoms with Gasteiger partial charge in [-0.25, -0.2) is 0 Å². The standard InChI is InChI=1S/C24H28ClN3O2/c1-17-22(18(2)28(26-17)15-20-9-5-6-11-23(20)25)16-27(3)24(29)13-12-19-8-7-10-21(14-19)30-4/h5-11,14H,12-13,15-16H2,1-4H3. The molecule has 0 atom stereocenters. The van der Waals surface area contributed by atoms with Crippen LogP contribution in [-0.2, 0) is 24.3 Å². The van der Waals surface area contributed by atoms with E-state index >= 15 is 0 Å². The second kappa shape index (κ2) is 9.81. The van der Waals surface area contributed by atoms with Crippen molar-refractivity contribution in [1.82, 2.24) is 14.7 Å². The van der Waals surface area contributed by atoms with Gasteiger partial charge in [0, 0.05) is 36.3 Å². The van der Waals surface area contributed by atoms with Crippen molar-refractivity contribution in [2.45, 2.75) is 39.8 Å². The van der Waals surface area contributed by atoms with E-state index in [0.29, 0.717) is 25.9 Å². The van der Waals surface area contributed by atoms with Gasteiger partial charge in [0.15, 0.2) is 0 Å². The Hall–Kier alpha value is -2.79. The second-order valence-corrected chi connectivity index (χ2v) is 7.91. The number of carbonyl (C=O) groups is 1. The maximum Gasteiger partial charge on any atom is 0.222 e. The van der Waals surface area contributed by atoms with Crippen LogP contribution in [0.2, 0.25) is 5.02 Å². The first-order chi connectivity index (χ1) is 14.4. The van der Waals surface area contributed by atoms with Crippen LogP contribution in [0.3, 0.4) is 0 Å². The summed E-state index contributed by atoms with van der Waals surface area (Å²) in [6.07, 6.45) is 1.14. The molecule has 0 aliphatic rings. The molecule has 0 spiro atoms. The first kappa shape index (κ1) is 21.9. The second-order valence-electron chi connectivity index (χ2n) is 7.50. The van der Waals surface area contributed by atoms with E-state index in [1.165, 1.54) is 0 Å². The molecule has 0 aliphatic heterocycles. The molecule has 0 unspecified atom stereocenters. The summed E-state index contributed by atoms with van der Waals surface area (Å²) >= 11 is 6.30. The van der Waals surface area contributed by atoms with Crippen molar-refractivity contribution in [2.24, 2.45) is 0 Å². The third-order valence-corrected chi connectivity index (χ3v) is 5.76. The van der Waals surface area contributed by atoms with E-state index in [1.54, 1.807) is 12.0 Å². The third-order valence-electron chi connectivity index (χ3n) is 5.39. The van der Waals surface area contributed by atoms with E-state index in [0.717, 1.165) is 38.9 Å². The highest BCUT2D eigenvalue weighted by Crippen LogP contribution is 2.21. The molecule has 0 saturated carbocycles. The van der Waals surface area contributed by atoms with Gasteiger partial charge in [0.2, 0.25) is 5.91 Å². The van der Waals surface area contributed by atoms with Gasteiger partial charge in [-0.05, 0) is 49.6 Å². The lowest BCUT2D eigenvalue weighted by atomic mass is 10.1. The number of hydrogen-bond acceptors (Lipinski definition) is 3. The number of halogens is 1. The number of carbonyl (C=O) groups excluding carboxylic acids is 1. The van der Waals surface area contributed by atoms with Crippen molar-refractivity contribution < 1.29 is 9.53 Å². The molecule has 0 bridgehead atoms. The van der Waals surface area contributed by atoms with Crippen molar-refractivity contribution in [2.75, 3.05) is 14.2 Å². The van der Waals surface area contributed by atoms with Gasteiger partial charge in [-0.3, -0.25) is 9.48 Å². The van der Waals surface area contributed by atoms with Gasteiger partial charge in [0.1, 0.15) is 5.75 Å². The van der Waals surface area contributed by atoms with Crippen LogP contribution in [0.15, 0.2) is 48.5 Å². The summed E-state index contributed by atoms with van der Waals surface area (Å²) in [5.74, 6) is 0.918. The van der Waals surface area contributed by atoms with Crippen LogP contribution in [0, 0.1) is 13.8 Å². The van der Waals surface area contributed by atoms with E-state index in [1.807, 2.05) is 74.1 Å². The molecule has 0 aliphatic carbocycles. The summed E-state index contributed by atoms with van der Waals surface area (Å²) in [7, 11) is 3.49. The highest BCUT2D eigenvalue weighted by molar-refractivity contribution is 6.31. The summed E-state index contributed by atoms with van der Waals surface area (Å²) < 4.78 is 7.21. The number of amides is 1. The number of aryl methyl sites for hydroxylation is 2. The molecule has 1 amide bonds. The Morgan fingerprint density at radius 3 is 2.67 bits per heavy atom. The predicted octanol–water partition coefficient (Wildman–Crippen LogP) is 4.80. The Balaban J connectivity index is 1.64. The van der Waals surface area contributed by atoms with E-state index in [4.69, 9.17) is 16.3 Å². The predicted molar refractivity (Wildman–Crippen MR) is 120 cm³/mol. The molecule has 158 valence electrons. The number of aromatic nitrogens is 2. The average Bonchev–Trinajstić information content (AvgIpc) is 3.01. The van der Waals surface area contributed by atoms with Gasteiger partial charge >= 0.3 is 0 Å². The van der Waals surface area contributed by atoms with Crippen LogP contribution in [0.1, 0.15) is 34.5 Å². The van der Waals surface area contributed by atoms with E-state index in [2.05, 4.69) is 5.10 Å². The molecule has 0 radical (unpaired) electrons. The Morgan fingerprint density at radius 1 is 1.17 bits per heavy atom. The normalized spacial score (nSPS) is 10.8. The van der Waals surface area contributed by atoms with E-state index in [-0.39, 0.29) is 5.91 Å². The lowest BCUT2D eigenvalue weighted by molar-refractivity contribution is -0.130. The van der Waals surface area contributed by atoms with Gasteiger partial charge in [-0.15, -0.1) is 0 Å². The van der Waals surface area contributed by atoms with Gasteiger partial charge in [-0.1, -0.05) is 41.9 Å². The number of benzene rings is 2. The largest absolute Gasteiger partial charge is 0.497 e. The molecule has 5 nitrogen and oxygen atoms in total. The van der Waals surface area contributed by atoms with Crippen LogP contribution >= 0.6 is 11.6 Å². The molecule has 6 heteroatoms. The van der Waals surface area contributed by atoms with E-state index in [9.17, 15) is 4.79 Å². The minimum atomic E-state index is 0.107. The fourth-order valence-electron chi connectivity index (χ4n) is 3.50. The van der Waals surface area contributed by atoms with Crippen LogP contribution in [-0.4, -0.2) is 34.7 Å². The summed E-state index contributed by atoms with van der Waals surface area (Å²) in [4.78, 5) is 14.5. The summed E-state index contributed by atoms with van der Waals surface area (Å²) in [5.41, 5.74) is 5.20. The molecule has 2 aromatic carbocycles. The van der Waals surface area contributed by atoms with E-state index < -0.39 is 0 Å². The first-order valence-electron chi connectivity index (χ1n) is 10.0. The Labute approximate surface area is 183 Å². The quantitative estimate of drug-likeness (QED) is 0.520. The SMILES string of the molecule is COc1cccc(CCC(=O)N(C)Cc2c(C)nn(Cc3ccccc3Cl)c2C)c1. The van der Waals surface area contributed by atoms with Crippen molar-refractivity contribution in [3.8, 4) is 5.75 Å². The van der Waals surface area contributed by atoms with Crippen LogP contribution in [0.25, 0.3) is 0 Å². The fourth-order valence-corrected chi connectivity index (χ4v) is 3.70. The number of ether oxygens (including phenoxy) is 1.